The summed E-state index contributed by atoms with van der Waals surface area (Å²) in [6, 6.07) is -0.417. The molecule has 20 heavy (non-hydrogen) atoms. The zero-order valence-electron chi connectivity index (χ0n) is 14.3. The van der Waals surface area contributed by atoms with E-state index in [9.17, 15) is 9.59 Å². The van der Waals surface area contributed by atoms with Crippen molar-refractivity contribution in [2.24, 2.45) is 5.41 Å². The van der Waals surface area contributed by atoms with Crippen molar-refractivity contribution in [3.63, 3.8) is 0 Å². The Morgan fingerprint density at radius 3 is 2.10 bits per heavy atom. The summed E-state index contributed by atoms with van der Waals surface area (Å²) in [5, 5.41) is 2.88. The zero-order valence-corrected chi connectivity index (χ0v) is 14.3. The van der Waals surface area contributed by atoms with E-state index in [2.05, 4.69) is 39.9 Å². The van der Waals surface area contributed by atoms with Crippen molar-refractivity contribution < 1.29 is 9.59 Å². The summed E-state index contributed by atoms with van der Waals surface area (Å²) in [5.74, 6) is -0.0303. The molecule has 116 valence electrons. The Labute approximate surface area is 123 Å². The van der Waals surface area contributed by atoms with E-state index >= 15 is 0 Å². The van der Waals surface area contributed by atoms with Crippen molar-refractivity contribution in [3.05, 3.63) is 0 Å². The highest BCUT2D eigenvalue weighted by Gasteiger charge is 2.50. The van der Waals surface area contributed by atoms with Gasteiger partial charge in [-0.2, -0.15) is 0 Å². The molecule has 0 aliphatic carbocycles. The van der Waals surface area contributed by atoms with Crippen LogP contribution in [0.4, 0.5) is 0 Å². The van der Waals surface area contributed by atoms with Crippen molar-refractivity contribution in [2.45, 2.75) is 85.4 Å². The molecule has 0 bridgehead atoms. The Hall–Kier alpha value is -1.06. The zero-order chi connectivity index (χ0) is 15.9. The fourth-order valence-corrected chi connectivity index (χ4v) is 3.41. The molecule has 0 aromatic rings. The van der Waals surface area contributed by atoms with Crippen molar-refractivity contribution in [2.75, 3.05) is 0 Å². The van der Waals surface area contributed by atoms with Crippen LogP contribution < -0.4 is 5.32 Å². The van der Waals surface area contributed by atoms with Gasteiger partial charge in [0.15, 0.2) is 0 Å². The molecule has 0 saturated carbocycles. The van der Waals surface area contributed by atoms with Crippen LogP contribution in [0, 0.1) is 5.41 Å². The summed E-state index contributed by atoms with van der Waals surface area (Å²) >= 11 is 0. The second-order valence-electron chi connectivity index (χ2n) is 8.08. The highest BCUT2D eigenvalue weighted by molar-refractivity contribution is 5.99. The number of hydrogen-bond donors (Lipinski definition) is 1. The highest BCUT2D eigenvalue weighted by atomic mass is 16.2. The van der Waals surface area contributed by atoms with Crippen LogP contribution in [0.5, 0.6) is 0 Å². The first-order chi connectivity index (χ1) is 8.84. The van der Waals surface area contributed by atoms with E-state index in [4.69, 9.17) is 0 Å². The number of carbonyl (C=O) groups excluding carboxylic acids is 2. The average Bonchev–Trinajstić information content (AvgIpc) is 2.23. The molecule has 1 aliphatic heterocycles. The van der Waals surface area contributed by atoms with Gasteiger partial charge in [0.25, 0.3) is 0 Å². The van der Waals surface area contributed by atoms with Gasteiger partial charge in [-0.1, -0.05) is 27.7 Å². The van der Waals surface area contributed by atoms with E-state index < -0.39 is 11.6 Å². The van der Waals surface area contributed by atoms with Crippen molar-refractivity contribution in [1.29, 1.82) is 0 Å². The van der Waals surface area contributed by atoms with Gasteiger partial charge in [0.1, 0.15) is 11.6 Å². The second kappa shape index (κ2) is 5.05. The quantitative estimate of drug-likeness (QED) is 0.865. The average molecular weight is 282 g/mol. The van der Waals surface area contributed by atoms with Crippen LogP contribution in [0.1, 0.15) is 68.2 Å². The summed E-state index contributed by atoms with van der Waals surface area (Å²) in [6.07, 6.45) is 1.45. The van der Waals surface area contributed by atoms with Gasteiger partial charge < -0.3 is 10.2 Å². The molecular formula is C16H30N2O2. The van der Waals surface area contributed by atoms with E-state index in [0.717, 1.165) is 6.42 Å². The number of piperazine rings is 1. The molecule has 1 rings (SSSR count). The molecule has 1 heterocycles. The normalized spacial score (nSPS) is 28.6. The molecule has 0 spiro atoms. The van der Waals surface area contributed by atoms with Crippen molar-refractivity contribution in [1.82, 2.24) is 10.2 Å². The third-order valence-corrected chi connectivity index (χ3v) is 4.18. The predicted octanol–water partition coefficient (Wildman–Crippen LogP) is 2.72. The topological polar surface area (TPSA) is 49.4 Å². The van der Waals surface area contributed by atoms with Crippen LogP contribution >= 0.6 is 0 Å². The Balaban J connectivity index is 3.18. The summed E-state index contributed by atoms with van der Waals surface area (Å²) in [6.45, 7) is 16.2. The monoisotopic (exact) mass is 282 g/mol. The van der Waals surface area contributed by atoms with Gasteiger partial charge in [-0.25, -0.2) is 0 Å². The Morgan fingerprint density at radius 2 is 1.70 bits per heavy atom. The van der Waals surface area contributed by atoms with Gasteiger partial charge in [-0.15, -0.1) is 0 Å². The molecule has 1 N–H and O–H groups in total. The standard InChI is InChI=1S/C16H30N2O2/c1-9-16(8)13(20)18(11(2)12(19)17-16)15(6,7)10-14(3,4)5/h11H,9-10H2,1-8H3,(H,17,19). The van der Waals surface area contributed by atoms with Gasteiger partial charge in [-0.3, -0.25) is 9.59 Å². The molecule has 0 radical (unpaired) electrons. The summed E-state index contributed by atoms with van der Waals surface area (Å²) in [7, 11) is 0. The Bertz CT molecular complexity index is 409. The van der Waals surface area contributed by atoms with Crippen LogP contribution in [0.15, 0.2) is 0 Å². The molecule has 4 heteroatoms. The van der Waals surface area contributed by atoms with Gasteiger partial charge >= 0.3 is 0 Å². The van der Waals surface area contributed by atoms with Crippen molar-refractivity contribution >= 4 is 11.8 Å². The lowest BCUT2D eigenvalue weighted by Crippen LogP contribution is -2.72. The molecule has 0 aromatic carbocycles. The predicted molar refractivity (Wildman–Crippen MR) is 81.3 cm³/mol. The van der Waals surface area contributed by atoms with Crippen LogP contribution in [0.25, 0.3) is 0 Å². The lowest BCUT2D eigenvalue weighted by Gasteiger charge is -2.51. The van der Waals surface area contributed by atoms with E-state index in [0.29, 0.717) is 6.42 Å². The fraction of sp³-hybridized carbons (Fsp3) is 0.875. The molecular weight excluding hydrogens is 252 g/mol. The van der Waals surface area contributed by atoms with Crippen molar-refractivity contribution in [3.8, 4) is 0 Å². The number of rotatable bonds is 3. The number of carbonyl (C=O) groups is 2. The van der Waals surface area contributed by atoms with Gasteiger partial charge in [0.2, 0.25) is 11.8 Å². The van der Waals surface area contributed by atoms with E-state index in [1.54, 1.807) is 4.90 Å². The summed E-state index contributed by atoms with van der Waals surface area (Å²) < 4.78 is 0. The number of nitrogens with one attached hydrogen (secondary N) is 1. The van der Waals surface area contributed by atoms with Crippen LogP contribution in [0.3, 0.4) is 0 Å². The minimum atomic E-state index is -0.779. The van der Waals surface area contributed by atoms with Gasteiger partial charge in [0.05, 0.1) is 0 Å². The Morgan fingerprint density at radius 1 is 1.20 bits per heavy atom. The molecule has 2 amide bonds. The number of amides is 2. The van der Waals surface area contributed by atoms with Gasteiger partial charge in [0, 0.05) is 5.54 Å². The third kappa shape index (κ3) is 3.15. The smallest absolute Gasteiger partial charge is 0.249 e. The van der Waals surface area contributed by atoms with E-state index in [1.807, 2.05) is 20.8 Å². The highest BCUT2D eigenvalue weighted by Crippen LogP contribution is 2.36. The minimum absolute atomic E-state index is 0.0290. The first-order valence-corrected chi connectivity index (χ1v) is 7.50. The van der Waals surface area contributed by atoms with Gasteiger partial charge in [-0.05, 0) is 46.0 Å². The number of hydrogen-bond acceptors (Lipinski definition) is 2. The second-order valence-corrected chi connectivity index (χ2v) is 8.08. The molecule has 1 saturated heterocycles. The first kappa shape index (κ1) is 17.0. The largest absolute Gasteiger partial charge is 0.340 e. The van der Waals surface area contributed by atoms with E-state index in [1.165, 1.54) is 0 Å². The molecule has 4 nitrogen and oxygen atoms in total. The SMILES string of the molecule is CCC1(C)NC(=O)C(C)N(C(C)(C)CC(C)(C)C)C1=O. The lowest BCUT2D eigenvalue weighted by molar-refractivity contribution is -0.161. The molecule has 0 aromatic heterocycles. The minimum Gasteiger partial charge on any atom is -0.340 e. The maximum Gasteiger partial charge on any atom is 0.249 e. The molecule has 2 atom stereocenters. The fourth-order valence-electron chi connectivity index (χ4n) is 3.41. The van der Waals surface area contributed by atoms with Crippen LogP contribution in [0.2, 0.25) is 0 Å². The molecule has 2 unspecified atom stereocenters. The summed E-state index contributed by atoms with van der Waals surface area (Å²) in [5.41, 5.74) is -1.03. The molecule has 1 aliphatic rings. The lowest BCUT2D eigenvalue weighted by atomic mass is 9.78. The Kier molecular flexibility index (Phi) is 4.29. The third-order valence-electron chi connectivity index (χ3n) is 4.18. The first-order valence-electron chi connectivity index (χ1n) is 7.50. The molecule has 1 fully saturated rings. The van der Waals surface area contributed by atoms with Crippen LogP contribution in [-0.2, 0) is 9.59 Å². The maximum atomic E-state index is 12.9. The van der Waals surface area contributed by atoms with E-state index in [-0.39, 0.29) is 22.8 Å². The maximum absolute atomic E-state index is 12.9. The summed E-state index contributed by atoms with van der Waals surface area (Å²) in [4.78, 5) is 26.9. The number of nitrogens with zero attached hydrogens (tertiary/aromatic N) is 1. The van der Waals surface area contributed by atoms with Crippen LogP contribution in [-0.4, -0.2) is 33.8 Å².